The number of rotatable bonds is 2. The molecule has 1 saturated carbocycles. The summed E-state index contributed by atoms with van der Waals surface area (Å²) in [5.41, 5.74) is 7.46. The maximum Gasteiger partial charge on any atom is 0.0175 e. The van der Waals surface area contributed by atoms with E-state index >= 15 is 0 Å². The normalized spacial score (nSPS) is 26.7. The monoisotopic (exact) mass is 253 g/mol. The SMILES string of the molecule is NC1CCCC1Cc1ccc(Br)cc1. The van der Waals surface area contributed by atoms with Gasteiger partial charge in [-0.3, -0.25) is 0 Å². The highest BCUT2D eigenvalue weighted by atomic mass is 79.9. The number of halogens is 1. The van der Waals surface area contributed by atoms with Crippen LogP contribution in [0.4, 0.5) is 0 Å². The van der Waals surface area contributed by atoms with Crippen LogP contribution in [0.5, 0.6) is 0 Å². The second kappa shape index (κ2) is 4.45. The van der Waals surface area contributed by atoms with Crippen molar-refractivity contribution in [1.82, 2.24) is 0 Å². The average molecular weight is 254 g/mol. The van der Waals surface area contributed by atoms with Gasteiger partial charge in [-0.15, -0.1) is 0 Å². The third-order valence-electron chi connectivity index (χ3n) is 3.13. The van der Waals surface area contributed by atoms with Gasteiger partial charge in [0.1, 0.15) is 0 Å². The van der Waals surface area contributed by atoms with Crippen molar-refractivity contribution in [2.75, 3.05) is 0 Å². The molecule has 0 aromatic heterocycles. The van der Waals surface area contributed by atoms with E-state index in [1.807, 2.05) is 0 Å². The van der Waals surface area contributed by atoms with Gasteiger partial charge in [0.25, 0.3) is 0 Å². The minimum absolute atomic E-state index is 0.429. The summed E-state index contributed by atoms with van der Waals surface area (Å²) in [7, 11) is 0. The van der Waals surface area contributed by atoms with Crippen LogP contribution in [0, 0.1) is 5.92 Å². The minimum atomic E-state index is 0.429. The van der Waals surface area contributed by atoms with E-state index in [4.69, 9.17) is 5.73 Å². The molecule has 2 N–H and O–H groups in total. The quantitative estimate of drug-likeness (QED) is 0.862. The number of hydrogen-bond acceptors (Lipinski definition) is 1. The molecule has 0 spiro atoms. The second-order valence-corrected chi connectivity index (χ2v) is 5.10. The highest BCUT2D eigenvalue weighted by molar-refractivity contribution is 9.10. The summed E-state index contributed by atoms with van der Waals surface area (Å²) in [4.78, 5) is 0. The molecule has 0 saturated heterocycles. The maximum absolute atomic E-state index is 6.05. The number of benzene rings is 1. The van der Waals surface area contributed by atoms with Crippen LogP contribution in [0.1, 0.15) is 24.8 Å². The molecule has 1 aliphatic carbocycles. The van der Waals surface area contributed by atoms with Crippen molar-refractivity contribution < 1.29 is 0 Å². The molecule has 1 nitrogen and oxygen atoms in total. The van der Waals surface area contributed by atoms with Gasteiger partial charge < -0.3 is 5.73 Å². The molecule has 1 aliphatic rings. The lowest BCUT2D eigenvalue weighted by molar-refractivity contribution is 0.479. The van der Waals surface area contributed by atoms with Crippen LogP contribution >= 0.6 is 15.9 Å². The lowest BCUT2D eigenvalue weighted by Gasteiger charge is -2.14. The van der Waals surface area contributed by atoms with Gasteiger partial charge in [-0.1, -0.05) is 34.5 Å². The molecule has 1 fully saturated rings. The molecular weight excluding hydrogens is 238 g/mol. The van der Waals surface area contributed by atoms with Gasteiger partial charge in [0.05, 0.1) is 0 Å². The zero-order chi connectivity index (χ0) is 9.97. The van der Waals surface area contributed by atoms with Crippen molar-refractivity contribution in [3.63, 3.8) is 0 Å². The molecule has 0 heterocycles. The fourth-order valence-electron chi connectivity index (χ4n) is 2.24. The molecule has 1 aromatic rings. The predicted octanol–water partition coefficient (Wildman–Crippen LogP) is 3.12. The van der Waals surface area contributed by atoms with Crippen molar-refractivity contribution in [2.45, 2.75) is 31.7 Å². The third-order valence-corrected chi connectivity index (χ3v) is 3.66. The summed E-state index contributed by atoms with van der Waals surface area (Å²) in [6.07, 6.45) is 4.97. The largest absolute Gasteiger partial charge is 0.327 e. The van der Waals surface area contributed by atoms with Crippen molar-refractivity contribution in [3.05, 3.63) is 34.3 Å². The molecule has 76 valence electrons. The van der Waals surface area contributed by atoms with Crippen LogP contribution < -0.4 is 5.73 Å². The molecular formula is C12H16BrN. The smallest absolute Gasteiger partial charge is 0.0175 e. The summed E-state index contributed by atoms with van der Waals surface area (Å²) in [5.74, 6) is 0.705. The maximum atomic E-state index is 6.05. The molecule has 0 radical (unpaired) electrons. The first-order chi connectivity index (χ1) is 6.75. The van der Waals surface area contributed by atoms with E-state index in [1.165, 1.54) is 24.8 Å². The Labute approximate surface area is 93.8 Å². The first-order valence-electron chi connectivity index (χ1n) is 5.26. The van der Waals surface area contributed by atoms with E-state index < -0.39 is 0 Å². The molecule has 1 aromatic carbocycles. The van der Waals surface area contributed by atoms with Crippen LogP contribution in [-0.4, -0.2) is 6.04 Å². The molecule has 14 heavy (non-hydrogen) atoms. The first-order valence-corrected chi connectivity index (χ1v) is 6.05. The van der Waals surface area contributed by atoms with Crippen molar-refractivity contribution in [3.8, 4) is 0 Å². The number of hydrogen-bond donors (Lipinski definition) is 1. The Kier molecular flexibility index (Phi) is 3.24. The predicted molar refractivity (Wildman–Crippen MR) is 63.2 cm³/mol. The van der Waals surface area contributed by atoms with Crippen molar-refractivity contribution in [2.24, 2.45) is 11.7 Å². The molecule has 0 aliphatic heterocycles. The Morgan fingerprint density at radius 1 is 1.21 bits per heavy atom. The van der Waals surface area contributed by atoms with Gasteiger partial charge in [0, 0.05) is 10.5 Å². The Morgan fingerprint density at radius 3 is 2.50 bits per heavy atom. The van der Waals surface area contributed by atoms with Gasteiger partial charge in [0.15, 0.2) is 0 Å². The summed E-state index contributed by atoms with van der Waals surface area (Å²) in [5, 5.41) is 0. The van der Waals surface area contributed by atoms with Crippen LogP contribution in [-0.2, 0) is 6.42 Å². The average Bonchev–Trinajstić information content (AvgIpc) is 2.56. The van der Waals surface area contributed by atoms with Crippen LogP contribution in [0.3, 0.4) is 0 Å². The number of nitrogens with two attached hydrogens (primary N) is 1. The second-order valence-electron chi connectivity index (χ2n) is 4.19. The van der Waals surface area contributed by atoms with E-state index in [1.54, 1.807) is 0 Å². The Balaban J connectivity index is 2.00. The highest BCUT2D eigenvalue weighted by Crippen LogP contribution is 2.27. The minimum Gasteiger partial charge on any atom is -0.327 e. The fourth-order valence-corrected chi connectivity index (χ4v) is 2.51. The van der Waals surface area contributed by atoms with Crippen LogP contribution in [0.15, 0.2) is 28.7 Å². The molecule has 2 rings (SSSR count). The van der Waals surface area contributed by atoms with E-state index in [9.17, 15) is 0 Å². The molecule has 0 amide bonds. The van der Waals surface area contributed by atoms with Crippen molar-refractivity contribution >= 4 is 15.9 Å². The molecule has 2 unspecified atom stereocenters. The lowest BCUT2D eigenvalue weighted by Crippen LogP contribution is -2.25. The van der Waals surface area contributed by atoms with Gasteiger partial charge >= 0.3 is 0 Å². The Bertz CT molecular complexity index is 294. The Hall–Kier alpha value is -0.340. The van der Waals surface area contributed by atoms with Crippen molar-refractivity contribution in [1.29, 1.82) is 0 Å². The lowest BCUT2D eigenvalue weighted by atomic mass is 9.95. The van der Waals surface area contributed by atoms with Crippen LogP contribution in [0.25, 0.3) is 0 Å². The van der Waals surface area contributed by atoms with Gasteiger partial charge in [-0.25, -0.2) is 0 Å². The molecule has 2 heteroatoms. The van der Waals surface area contributed by atoms with E-state index in [2.05, 4.69) is 40.2 Å². The zero-order valence-electron chi connectivity index (χ0n) is 8.25. The summed E-state index contributed by atoms with van der Waals surface area (Å²) in [6, 6.07) is 9.02. The standard InChI is InChI=1S/C12H16BrN/c13-11-6-4-9(5-7-11)8-10-2-1-3-12(10)14/h4-7,10,12H,1-3,8,14H2. The fraction of sp³-hybridized carbons (Fsp3) is 0.500. The topological polar surface area (TPSA) is 26.0 Å². The zero-order valence-corrected chi connectivity index (χ0v) is 9.83. The first kappa shape index (κ1) is 10.2. The van der Waals surface area contributed by atoms with Crippen LogP contribution in [0.2, 0.25) is 0 Å². The van der Waals surface area contributed by atoms with E-state index in [0.29, 0.717) is 12.0 Å². The highest BCUT2D eigenvalue weighted by Gasteiger charge is 2.23. The van der Waals surface area contributed by atoms with Gasteiger partial charge in [-0.2, -0.15) is 0 Å². The van der Waals surface area contributed by atoms with Gasteiger partial charge in [0.2, 0.25) is 0 Å². The summed E-state index contributed by atoms with van der Waals surface area (Å²) in [6.45, 7) is 0. The Morgan fingerprint density at radius 2 is 1.93 bits per heavy atom. The summed E-state index contributed by atoms with van der Waals surface area (Å²) < 4.78 is 1.15. The molecule has 2 atom stereocenters. The third kappa shape index (κ3) is 2.37. The molecule has 0 bridgehead atoms. The van der Waals surface area contributed by atoms with Gasteiger partial charge in [-0.05, 0) is 42.9 Å². The van der Waals surface area contributed by atoms with E-state index in [-0.39, 0.29) is 0 Å². The summed E-state index contributed by atoms with van der Waals surface area (Å²) >= 11 is 3.45. The van der Waals surface area contributed by atoms with E-state index in [0.717, 1.165) is 10.9 Å².